The maximum Gasteiger partial charge on any atom is 0.252 e. The smallest absolute Gasteiger partial charge is 0.252 e. The molecule has 0 saturated carbocycles. The van der Waals surface area contributed by atoms with Gasteiger partial charge in [0, 0.05) is 31.8 Å². The normalized spacial score (nSPS) is 19.4. The summed E-state index contributed by atoms with van der Waals surface area (Å²) in [5.74, 6) is -1.21. The van der Waals surface area contributed by atoms with E-state index in [1.54, 1.807) is 18.2 Å². The van der Waals surface area contributed by atoms with Crippen molar-refractivity contribution in [3.8, 4) is 0 Å². The predicted octanol–water partition coefficient (Wildman–Crippen LogP) is 3.01. The summed E-state index contributed by atoms with van der Waals surface area (Å²) in [4.78, 5) is 12.6. The van der Waals surface area contributed by atoms with Crippen LogP contribution >= 0.6 is 24.0 Å². The maximum atomic E-state index is 13.9. The number of carbonyl (C=O) groups is 1. The van der Waals surface area contributed by atoms with Crippen molar-refractivity contribution in [2.75, 3.05) is 32.5 Å². The van der Waals surface area contributed by atoms with Crippen LogP contribution in [0.3, 0.4) is 0 Å². The summed E-state index contributed by atoms with van der Waals surface area (Å²) in [5, 5.41) is 6.05. The van der Waals surface area contributed by atoms with E-state index < -0.39 is 27.7 Å². The van der Waals surface area contributed by atoms with Crippen LogP contribution in [-0.2, 0) is 14.6 Å². The second-order valence-electron chi connectivity index (χ2n) is 6.91. The Kier molecular flexibility index (Phi) is 8.63. The molecule has 1 aliphatic rings. The van der Waals surface area contributed by atoms with Gasteiger partial charge in [-0.25, -0.2) is 12.8 Å². The lowest BCUT2D eigenvalue weighted by Gasteiger charge is -2.25. The molecular formula is C20H23Cl2FN2O4S. The highest BCUT2D eigenvalue weighted by atomic mass is 35.5. The molecule has 3 rings (SSSR count). The monoisotopic (exact) mass is 476 g/mol. The number of carbonyl (C=O) groups excluding carboxylic acids is 1. The lowest BCUT2D eigenvalue weighted by Crippen LogP contribution is -2.37. The Morgan fingerprint density at radius 1 is 1.30 bits per heavy atom. The van der Waals surface area contributed by atoms with Gasteiger partial charge in [-0.15, -0.1) is 12.4 Å². The lowest BCUT2D eigenvalue weighted by molar-refractivity contribution is 0.0303. The van der Waals surface area contributed by atoms with Crippen molar-refractivity contribution in [1.82, 2.24) is 10.6 Å². The number of ether oxygens (including phenoxy) is 1. The second kappa shape index (κ2) is 10.5. The van der Waals surface area contributed by atoms with Gasteiger partial charge in [0.1, 0.15) is 5.82 Å². The Bertz CT molecular complexity index is 1000. The molecule has 2 aromatic carbocycles. The van der Waals surface area contributed by atoms with Crippen molar-refractivity contribution < 1.29 is 22.3 Å². The van der Waals surface area contributed by atoms with Gasteiger partial charge in [-0.3, -0.25) is 4.79 Å². The van der Waals surface area contributed by atoms with E-state index in [1.165, 1.54) is 24.3 Å². The van der Waals surface area contributed by atoms with Gasteiger partial charge in [0.25, 0.3) is 5.91 Å². The molecule has 1 aliphatic heterocycles. The van der Waals surface area contributed by atoms with Crippen LogP contribution in [-0.4, -0.2) is 46.8 Å². The summed E-state index contributed by atoms with van der Waals surface area (Å²) < 4.78 is 43.7. The summed E-state index contributed by atoms with van der Waals surface area (Å²) in [7, 11) is -3.54. The van der Waals surface area contributed by atoms with Crippen molar-refractivity contribution in [2.45, 2.75) is 11.0 Å². The molecule has 0 aromatic heterocycles. The molecule has 2 atom stereocenters. The molecule has 0 radical (unpaired) electrons. The topological polar surface area (TPSA) is 84.5 Å². The quantitative estimate of drug-likeness (QED) is 0.692. The first-order valence-corrected chi connectivity index (χ1v) is 11.4. The van der Waals surface area contributed by atoms with Crippen molar-refractivity contribution in [3.05, 3.63) is 64.4 Å². The summed E-state index contributed by atoms with van der Waals surface area (Å²) >= 11 is 5.78. The highest BCUT2D eigenvalue weighted by molar-refractivity contribution is 7.90. The molecule has 2 aromatic rings. The van der Waals surface area contributed by atoms with Crippen molar-refractivity contribution in [2.24, 2.45) is 5.92 Å². The lowest BCUT2D eigenvalue weighted by atomic mass is 9.95. The van der Waals surface area contributed by atoms with E-state index in [9.17, 15) is 17.6 Å². The molecule has 0 aliphatic carbocycles. The van der Waals surface area contributed by atoms with Gasteiger partial charge >= 0.3 is 0 Å². The van der Waals surface area contributed by atoms with Crippen LogP contribution < -0.4 is 10.6 Å². The van der Waals surface area contributed by atoms with Crippen LogP contribution in [0.4, 0.5) is 4.39 Å². The van der Waals surface area contributed by atoms with Crippen LogP contribution in [0.25, 0.3) is 0 Å². The summed E-state index contributed by atoms with van der Waals surface area (Å²) in [6.45, 7) is 1.84. The third-order valence-electron chi connectivity index (χ3n) is 4.74. The molecule has 164 valence electrons. The predicted molar refractivity (Wildman–Crippen MR) is 116 cm³/mol. The SMILES string of the molecule is CS(=O)(=O)c1ccccc1C(=O)NC[C@@H]1CNCCO[C@H]1c1ccc(Cl)c(F)c1.Cl. The number of hydrogen-bond donors (Lipinski definition) is 2. The molecule has 1 saturated heterocycles. The maximum absolute atomic E-state index is 13.9. The van der Waals surface area contributed by atoms with E-state index in [4.69, 9.17) is 16.3 Å². The number of rotatable bonds is 5. The van der Waals surface area contributed by atoms with E-state index in [0.717, 1.165) is 6.26 Å². The van der Waals surface area contributed by atoms with Gasteiger partial charge in [-0.1, -0.05) is 29.8 Å². The van der Waals surface area contributed by atoms with Gasteiger partial charge in [0.2, 0.25) is 0 Å². The first-order chi connectivity index (χ1) is 13.8. The Morgan fingerprint density at radius 2 is 2.03 bits per heavy atom. The Morgan fingerprint density at radius 3 is 2.73 bits per heavy atom. The van der Waals surface area contributed by atoms with Crippen molar-refractivity contribution in [1.29, 1.82) is 0 Å². The van der Waals surface area contributed by atoms with Gasteiger partial charge in [0.05, 0.1) is 28.2 Å². The second-order valence-corrected chi connectivity index (χ2v) is 9.30. The summed E-state index contributed by atoms with van der Waals surface area (Å²) in [5.41, 5.74) is 0.720. The largest absolute Gasteiger partial charge is 0.372 e. The summed E-state index contributed by atoms with van der Waals surface area (Å²) in [6.07, 6.45) is 0.620. The minimum Gasteiger partial charge on any atom is -0.372 e. The van der Waals surface area contributed by atoms with E-state index in [-0.39, 0.29) is 40.4 Å². The van der Waals surface area contributed by atoms with Gasteiger partial charge in [-0.05, 0) is 29.8 Å². The molecule has 30 heavy (non-hydrogen) atoms. The van der Waals surface area contributed by atoms with Crippen molar-refractivity contribution in [3.63, 3.8) is 0 Å². The molecule has 0 spiro atoms. The molecule has 1 amide bonds. The molecule has 6 nitrogen and oxygen atoms in total. The molecule has 1 heterocycles. The zero-order valence-corrected chi connectivity index (χ0v) is 18.6. The first kappa shape index (κ1) is 24.6. The third-order valence-corrected chi connectivity index (χ3v) is 6.20. The average Bonchev–Trinajstić information content (AvgIpc) is 2.93. The minimum absolute atomic E-state index is 0. The molecule has 10 heteroatoms. The van der Waals surface area contributed by atoms with E-state index >= 15 is 0 Å². The standard InChI is InChI=1S/C20H22ClFN2O4S.ClH/c1-29(26,27)18-5-3-2-4-15(18)20(25)24-12-14-11-23-8-9-28-19(14)13-6-7-16(21)17(22)10-13;/h2-7,10,14,19,23H,8-9,11-12H2,1H3,(H,24,25);1H/t14-,19-;/m0./s1. The van der Waals surface area contributed by atoms with E-state index in [2.05, 4.69) is 10.6 Å². The fraction of sp³-hybridized carbons (Fsp3) is 0.350. The molecular weight excluding hydrogens is 454 g/mol. The zero-order valence-electron chi connectivity index (χ0n) is 16.2. The number of amides is 1. The van der Waals surface area contributed by atoms with E-state index in [0.29, 0.717) is 25.3 Å². The fourth-order valence-electron chi connectivity index (χ4n) is 3.32. The average molecular weight is 477 g/mol. The number of hydrogen-bond acceptors (Lipinski definition) is 5. The molecule has 0 bridgehead atoms. The minimum atomic E-state index is -3.54. The highest BCUT2D eigenvalue weighted by Gasteiger charge is 2.28. The fourth-order valence-corrected chi connectivity index (χ4v) is 4.33. The number of nitrogens with one attached hydrogen (secondary N) is 2. The van der Waals surface area contributed by atoms with Crippen LogP contribution in [0.1, 0.15) is 22.0 Å². The molecule has 2 N–H and O–H groups in total. The van der Waals surface area contributed by atoms with Crippen molar-refractivity contribution >= 4 is 39.8 Å². The van der Waals surface area contributed by atoms with Gasteiger partial charge in [0.15, 0.2) is 9.84 Å². The molecule has 1 fully saturated rings. The van der Waals surface area contributed by atoms with Gasteiger partial charge in [-0.2, -0.15) is 0 Å². The Hall–Kier alpha value is -1.71. The number of halogens is 3. The van der Waals surface area contributed by atoms with Gasteiger partial charge < -0.3 is 15.4 Å². The zero-order chi connectivity index (χ0) is 21.0. The number of sulfone groups is 1. The first-order valence-electron chi connectivity index (χ1n) is 9.12. The summed E-state index contributed by atoms with van der Waals surface area (Å²) in [6, 6.07) is 10.6. The molecule has 0 unspecified atom stereocenters. The third kappa shape index (κ3) is 5.92. The highest BCUT2D eigenvalue weighted by Crippen LogP contribution is 2.29. The van der Waals surface area contributed by atoms with Crippen LogP contribution in [0.5, 0.6) is 0 Å². The van der Waals surface area contributed by atoms with Crippen LogP contribution in [0, 0.1) is 11.7 Å². The van der Waals surface area contributed by atoms with Crippen LogP contribution in [0.15, 0.2) is 47.4 Å². The van der Waals surface area contributed by atoms with Crippen LogP contribution in [0.2, 0.25) is 5.02 Å². The Balaban J connectivity index is 0.00000320. The van der Waals surface area contributed by atoms with E-state index in [1.807, 2.05) is 0 Å². The number of benzene rings is 2. The Labute approximate surface area is 186 Å².